The number of nitrogen functional groups attached to an aromatic ring is 1. The average Bonchev–Trinajstić information content (AvgIpc) is 2.92. The van der Waals surface area contributed by atoms with Crippen molar-refractivity contribution < 1.29 is 19.8 Å². The molecule has 3 rings (SSSR count). The smallest absolute Gasteiger partial charge is 0.339 e. The summed E-state index contributed by atoms with van der Waals surface area (Å²) in [5.41, 5.74) is 7.30. The first-order chi connectivity index (χ1) is 12.3. The van der Waals surface area contributed by atoms with Gasteiger partial charge in [0.1, 0.15) is 21.0 Å². The Kier molecular flexibility index (Phi) is 4.52. The number of phenols is 1. The van der Waals surface area contributed by atoms with Crippen LogP contribution in [0.1, 0.15) is 45.5 Å². The zero-order valence-corrected chi connectivity index (χ0v) is 14.9. The predicted molar refractivity (Wildman–Crippen MR) is 101 cm³/mol. The van der Waals surface area contributed by atoms with Crippen LogP contribution in [0.2, 0.25) is 0 Å². The summed E-state index contributed by atoms with van der Waals surface area (Å²) in [5.74, 6) is -1.86. The van der Waals surface area contributed by atoms with Crippen molar-refractivity contribution in [3.05, 3.63) is 46.5 Å². The van der Waals surface area contributed by atoms with E-state index < -0.39 is 11.9 Å². The molecule has 0 saturated heterocycles. The number of carbonyl (C=O) groups excluding carboxylic acids is 1. The van der Waals surface area contributed by atoms with Crippen LogP contribution in [0.25, 0.3) is 10.2 Å². The van der Waals surface area contributed by atoms with Gasteiger partial charge in [-0.15, -0.1) is 11.3 Å². The third kappa shape index (κ3) is 3.18. The van der Waals surface area contributed by atoms with Crippen LogP contribution in [0.15, 0.2) is 30.3 Å². The highest BCUT2D eigenvalue weighted by Crippen LogP contribution is 2.34. The number of amides is 1. The maximum absolute atomic E-state index is 12.6. The average molecular weight is 371 g/mol. The molecule has 3 aromatic rings. The second kappa shape index (κ2) is 6.64. The van der Waals surface area contributed by atoms with Crippen molar-refractivity contribution in [2.75, 3.05) is 11.1 Å². The summed E-state index contributed by atoms with van der Waals surface area (Å²) in [6.45, 7) is 4.06. The number of nitrogens with two attached hydrogens (primary N) is 1. The molecule has 0 atom stereocenters. The van der Waals surface area contributed by atoms with E-state index in [0.29, 0.717) is 20.8 Å². The highest BCUT2D eigenvalue weighted by Gasteiger charge is 2.19. The quantitative estimate of drug-likeness (QED) is 0.519. The van der Waals surface area contributed by atoms with Crippen molar-refractivity contribution in [3.63, 3.8) is 0 Å². The SMILES string of the molecule is CC(C)c1ccc2c(N)c(C(=O)Nc3ccc(O)c(C(=O)O)c3)sc2n1. The molecule has 0 aliphatic carbocycles. The number of pyridine rings is 1. The van der Waals surface area contributed by atoms with Gasteiger partial charge in [0.05, 0.1) is 5.69 Å². The summed E-state index contributed by atoms with van der Waals surface area (Å²) < 4.78 is 0. The standard InChI is InChI=1S/C18H17N3O4S/c1-8(2)12-5-4-10-14(19)15(26-17(10)21-12)16(23)20-9-3-6-13(22)11(7-9)18(24)25/h3-8,22H,19H2,1-2H3,(H,20,23)(H,24,25). The van der Waals surface area contributed by atoms with Gasteiger partial charge in [-0.2, -0.15) is 0 Å². The topological polar surface area (TPSA) is 126 Å². The number of nitrogens with zero attached hydrogens (tertiary/aromatic N) is 1. The van der Waals surface area contributed by atoms with E-state index in [1.165, 1.54) is 29.5 Å². The number of carboxylic acids is 1. The number of hydrogen-bond acceptors (Lipinski definition) is 6. The second-order valence-corrected chi connectivity index (χ2v) is 7.08. The number of aromatic nitrogens is 1. The van der Waals surface area contributed by atoms with Crippen molar-refractivity contribution in [1.29, 1.82) is 0 Å². The van der Waals surface area contributed by atoms with Crippen molar-refractivity contribution in [2.45, 2.75) is 19.8 Å². The number of carbonyl (C=O) groups is 2. The van der Waals surface area contributed by atoms with E-state index in [1.54, 1.807) is 0 Å². The van der Waals surface area contributed by atoms with Crippen LogP contribution in [0.5, 0.6) is 5.75 Å². The van der Waals surface area contributed by atoms with Gasteiger partial charge >= 0.3 is 5.97 Å². The van der Waals surface area contributed by atoms with E-state index in [4.69, 9.17) is 10.8 Å². The number of rotatable bonds is 4. The molecule has 0 aliphatic rings. The minimum atomic E-state index is -1.29. The Bertz CT molecular complexity index is 1030. The third-order valence-corrected chi connectivity index (χ3v) is 5.01. The Morgan fingerprint density at radius 2 is 1.96 bits per heavy atom. The molecule has 0 bridgehead atoms. The summed E-state index contributed by atoms with van der Waals surface area (Å²) >= 11 is 1.18. The van der Waals surface area contributed by atoms with Crippen LogP contribution < -0.4 is 11.1 Å². The molecule has 1 aromatic carbocycles. The van der Waals surface area contributed by atoms with E-state index in [2.05, 4.69) is 10.3 Å². The fraction of sp³-hybridized carbons (Fsp3) is 0.167. The number of aromatic carboxylic acids is 1. The van der Waals surface area contributed by atoms with E-state index in [0.717, 1.165) is 5.69 Å². The van der Waals surface area contributed by atoms with E-state index >= 15 is 0 Å². The van der Waals surface area contributed by atoms with Gasteiger partial charge in [0, 0.05) is 16.8 Å². The normalized spacial score (nSPS) is 11.0. The monoisotopic (exact) mass is 371 g/mol. The summed E-state index contributed by atoms with van der Waals surface area (Å²) in [6, 6.07) is 7.55. The van der Waals surface area contributed by atoms with Crippen LogP contribution in [-0.2, 0) is 0 Å². The van der Waals surface area contributed by atoms with Gasteiger partial charge in [0.25, 0.3) is 5.91 Å². The van der Waals surface area contributed by atoms with Crippen molar-refractivity contribution in [3.8, 4) is 5.75 Å². The van der Waals surface area contributed by atoms with Gasteiger partial charge < -0.3 is 21.3 Å². The third-order valence-electron chi connectivity index (χ3n) is 3.90. The minimum Gasteiger partial charge on any atom is -0.507 e. The molecule has 8 heteroatoms. The number of fused-ring (bicyclic) bond motifs is 1. The Labute approximate surface area is 153 Å². The predicted octanol–water partition coefficient (Wildman–Crippen LogP) is 3.66. The lowest BCUT2D eigenvalue weighted by atomic mass is 10.1. The van der Waals surface area contributed by atoms with Gasteiger partial charge in [0.2, 0.25) is 0 Å². The van der Waals surface area contributed by atoms with Crippen molar-refractivity contribution in [1.82, 2.24) is 4.98 Å². The number of hydrogen-bond donors (Lipinski definition) is 4. The molecule has 0 radical (unpaired) electrons. The molecule has 2 aromatic heterocycles. The first-order valence-corrected chi connectivity index (χ1v) is 8.66. The number of aromatic hydroxyl groups is 1. The summed E-state index contributed by atoms with van der Waals surface area (Å²) in [7, 11) is 0. The fourth-order valence-electron chi connectivity index (χ4n) is 2.47. The van der Waals surface area contributed by atoms with Crippen LogP contribution in [-0.4, -0.2) is 27.1 Å². The highest BCUT2D eigenvalue weighted by molar-refractivity contribution is 7.21. The lowest BCUT2D eigenvalue weighted by Crippen LogP contribution is -2.12. The molecule has 26 heavy (non-hydrogen) atoms. The Hall–Kier alpha value is -3.13. The van der Waals surface area contributed by atoms with Gasteiger partial charge in [-0.25, -0.2) is 9.78 Å². The Morgan fingerprint density at radius 3 is 2.62 bits per heavy atom. The summed E-state index contributed by atoms with van der Waals surface area (Å²) in [5, 5.41) is 21.9. The zero-order valence-electron chi connectivity index (χ0n) is 14.1. The second-order valence-electron chi connectivity index (χ2n) is 6.08. The molecular weight excluding hydrogens is 354 g/mol. The highest BCUT2D eigenvalue weighted by atomic mass is 32.1. The maximum atomic E-state index is 12.6. The van der Waals surface area contributed by atoms with E-state index in [9.17, 15) is 14.7 Å². The number of thiophene rings is 1. The number of nitrogens with one attached hydrogen (secondary N) is 1. The summed E-state index contributed by atoms with van der Waals surface area (Å²) in [6.07, 6.45) is 0. The maximum Gasteiger partial charge on any atom is 0.339 e. The fourth-order valence-corrected chi connectivity index (χ4v) is 3.47. The zero-order chi connectivity index (χ0) is 19.0. The number of anilines is 2. The lowest BCUT2D eigenvalue weighted by Gasteiger charge is -2.06. The Balaban J connectivity index is 1.94. The van der Waals surface area contributed by atoms with Crippen molar-refractivity contribution >= 4 is 44.8 Å². The molecular formula is C18H17N3O4S. The molecule has 0 saturated carbocycles. The van der Waals surface area contributed by atoms with E-state index in [1.807, 2.05) is 26.0 Å². The molecule has 0 spiro atoms. The van der Waals surface area contributed by atoms with Gasteiger partial charge in [0.15, 0.2) is 0 Å². The minimum absolute atomic E-state index is 0.248. The molecule has 0 unspecified atom stereocenters. The Morgan fingerprint density at radius 1 is 1.23 bits per heavy atom. The number of carboxylic acid groups (broad SMARTS) is 1. The number of benzene rings is 1. The molecule has 0 aliphatic heterocycles. The molecule has 7 nitrogen and oxygen atoms in total. The van der Waals surface area contributed by atoms with Crippen LogP contribution in [0.3, 0.4) is 0 Å². The molecule has 2 heterocycles. The van der Waals surface area contributed by atoms with Crippen LogP contribution >= 0.6 is 11.3 Å². The summed E-state index contributed by atoms with van der Waals surface area (Å²) in [4.78, 5) is 29.2. The van der Waals surface area contributed by atoms with E-state index in [-0.39, 0.29) is 22.9 Å². The van der Waals surface area contributed by atoms with Crippen LogP contribution in [0.4, 0.5) is 11.4 Å². The van der Waals surface area contributed by atoms with Gasteiger partial charge in [-0.1, -0.05) is 13.8 Å². The molecule has 5 N–H and O–H groups in total. The lowest BCUT2D eigenvalue weighted by molar-refractivity contribution is 0.0693. The molecule has 0 fully saturated rings. The van der Waals surface area contributed by atoms with Gasteiger partial charge in [-0.3, -0.25) is 4.79 Å². The van der Waals surface area contributed by atoms with Crippen LogP contribution in [0, 0.1) is 0 Å². The largest absolute Gasteiger partial charge is 0.507 e. The van der Waals surface area contributed by atoms with Gasteiger partial charge in [-0.05, 0) is 36.2 Å². The first kappa shape index (κ1) is 17.7. The van der Waals surface area contributed by atoms with Crippen molar-refractivity contribution in [2.24, 2.45) is 0 Å². The first-order valence-electron chi connectivity index (χ1n) is 7.84. The molecule has 134 valence electrons. The molecule has 1 amide bonds.